The highest BCUT2D eigenvalue weighted by Gasteiger charge is 2.36. The lowest BCUT2D eigenvalue weighted by molar-refractivity contribution is -0.140. The van der Waals surface area contributed by atoms with Gasteiger partial charge in [0.15, 0.2) is 15.9 Å². The Bertz CT molecular complexity index is 992. The molecule has 0 spiro atoms. The number of hydrogen-bond acceptors (Lipinski definition) is 4. The van der Waals surface area contributed by atoms with Gasteiger partial charge in [0.1, 0.15) is 5.75 Å². The van der Waals surface area contributed by atoms with Crippen molar-refractivity contribution >= 4 is 38.9 Å². The van der Waals surface area contributed by atoms with Crippen molar-refractivity contribution in [2.45, 2.75) is 39.0 Å². The number of halogens is 2. The molecule has 29 heavy (non-hydrogen) atoms. The lowest BCUT2D eigenvalue weighted by atomic mass is 10.1. The number of benzene rings is 2. The van der Waals surface area contributed by atoms with Crippen molar-refractivity contribution < 1.29 is 17.9 Å². The number of sulfone groups is 1. The molecule has 1 aliphatic heterocycles. The molecule has 1 amide bonds. The smallest absolute Gasteiger partial charge is 0.263 e. The second-order valence-electron chi connectivity index (χ2n) is 7.32. The van der Waals surface area contributed by atoms with E-state index in [1.807, 2.05) is 19.1 Å². The van der Waals surface area contributed by atoms with Crippen molar-refractivity contribution in [2.75, 3.05) is 11.5 Å². The Morgan fingerprint density at radius 3 is 2.48 bits per heavy atom. The Morgan fingerprint density at radius 1 is 1.21 bits per heavy atom. The molecule has 2 aromatic carbocycles. The number of nitrogens with zero attached hydrogens (tertiary/aromatic N) is 1. The summed E-state index contributed by atoms with van der Waals surface area (Å²) in [5.41, 5.74) is 1.73. The number of aryl methyl sites for hydroxylation is 1. The fraction of sp³-hybridized carbons (Fsp3) is 0.381. The second kappa shape index (κ2) is 8.94. The normalized spacial score (nSPS) is 19.0. The van der Waals surface area contributed by atoms with Gasteiger partial charge in [-0.2, -0.15) is 0 Å². The minimum absolute atomic E-state index is 0.0287. The molecule has 0 saturated carbocycles. The molecule has 0 aromatic heterocycles. The predicted octanol–water partition coefficient (Wildman–Crippen LogP) is 4.29. The van der Waals surface area contributed by atoms with E-state index in [0.29, 0.717) is 28.8 Å². The number of amides is 1. The summed E-state index contributed by atoms with van der Waals surface area (Å²) in [6.45, 7) is 3.83. The van der Waals surface area contributed by atoms with Crippen LogP contribution in [0.15, 0.2) is 42.5 Å². The van der Waals surface area contributed by atoms with Gasteiger partial charge >= 0.3 is 0 Å². The SMILES string of the molecule is Cc1cc(O[C@H](C)C(=O)N(Cc2ccc(Cl)cc2)[C@@H]2CCS(=O)(=O)C2)ccc1Cl. The minimum Gasteiger partial charge on any atom is -0.481 e. The summed E-state index contributed by atoms with van der Waals surface area (Å²) < 4.78 is 29.8. The van der Waals surface area contributed by atoms with Gasteiger partial charge in [-0.25, -0.2) is 8.42 Å². The Hall–Kier alpha value is -1.76. The molecule has 1 saturated heterocycles. The highest BCUT2D eigenvalue weighted by Crippen LogP contribution is 2.25. The van der Waals surface area contributed by atoms with Gasteiger partial charge in [0, 0.05) is 22.6 Å². The standard InChI is InChI=1S/C21H23Cl2NO4S/c1-14-11-19(7-8-20(14)23)28-15(2)21(25)24(18-9-10-29(26,27)13-18)12-16-3-5-17(22)6-4-16/h3-8,11,15,18H,9-10,12-13H2,1-2H3/t15-,18-/m1/s1. The summed E-state index contributed by atoms with van der Waals surface area (Å²) in [6.07, 6.45) is -0.347. The fourth-order valence-electron chi connectivity index (χ4n) is 3.37. The maximum absolute atomic E-state index is 13.2. The Balaban J connectivity index is 1.80. The molecular weight excluding hydrogens is 433 g/mol. The van der Waals surface area contributed by atoms with Gasteiger partial charge in [0.25, 0.3) is 5.91 Å². The number of hydrogen-bond donors (Lipinski definition) is 0. The van der Waals surface area contributed by atoms with E-state index in [9.17, 15) is 13.2 Å². The highest BCUT2D eigenvalue weighted by molar-refractivity contribution is 7.91. The summed E-state index contributed by atoms with van der Waals surface area (Å²) in [5.74, 6) is 0.347. The Labute approximate surface area is 181 Å². The summed E-state index contributed by atoms with van der Waals surface area (Å²) in [5, 5.41) is 1.22. The van der Waals surface area contributed by atoms with Crippen LogP contribution < -0.4 is 4.74 Å². The van der Waals surface area contributed by atoms with Gasteiger partial charge in [-0.1, -0.05) is 35.3 Å². The van der Waals surface area contributed by atoms with Crippen molar-refractivity contribution in [1.82, 2.24) is 4.90 Å². The molecule has 1 heterocycles. The van der Waals surface area contributed by atoms with Crippen LogP contribution in [0.1, 0.15) is 24.5 Å². The number of ether oxygens (including phenoxy) is 1. The summed E-state index contributed by atoms with van der Waals surface area (Å²) in [4.78, 5) is 14.8. The highest BCUT2D eigenvalue weighted by atomic mass is 35.5. The first-order valence-electron chi connectivity index (χ1n) is 9.33. The van der Waals surface area contributed by atoms with Crippen LogP contribution >= 0.6 is 23.2 Å². The van der Waals surface area contributed by atoms with Crippen molar-refractivity contribution in [3.05, 3.63) is 63.6 Å². The Morgan fingerprint density at radius 2 is 1.90 bits per heavy atom. The van der Waals surface area contributed by atoms with E-state index in [1.54, 1.807) is 42.2 Å². The zero-order chi connectivity index (χ0) is 21.2. The monoisotopic (exact) mass is 455 g/mol. The zero-order valence-electron chi connectivity index (χ0n) is 16.3. The third-order valence-corrected chi connectivity index (χ3v) is 7.41. The third-order valence-electron chi connectivity index (χ3n) is 4.99. The lowest BCUT2D eigenvalue weighted by Gasteiger charge is -2.31. The predicted molar refractivity (Wildman–Crippen MR) is 115 cm³/mol. The van der Waals surface area contributed by atoms with Gasteiger partial charge in [0.2, 0.25) is 0 Å². The van der Waals surface area contributed by atoms with Crippen LogP contribution in [-0.4, -0.2) is 42.9 Å². The summed E-state index contributed by atoms with van der Waals surface area (Å²) in [7, 11) is -3.14. The number of carbonyl (C=O) groups excluding carboxylic acids is 1. The molecule has 5 nitrogen and oxygen atoms in total. The van der Waals surface area contributed by atoms with E-state index in [1.165, 1.54) is 0 Å². The molecule has 1 aliphatic rings. The topological polar surface area (TPSA) is 63.7 Å². The summed E-state index contributed by atoms with van der Waals surface area (Å²) >= 11 is 12.0. The van der Waals surface area contributed by atoms with Crippen molar-refractivity contribution in [2.24, 2.45) is 0 Å². The average Bonchev–Trinajstić information content (AvgIpc) is 3.03. The molecule has 3 rings (SSSR count). The first-order valence-corrected chi connectivity index (χ1v) is 11.9. The van der Waals surface area contributed by atoms with E-state index >= 15 is 0 Å². The van der Waals surface area contributed by atoms with E-state index in [2.05, 4.69) is 0 Å². The molecule has 2 aromatic rings. The summed E-state index contributed by atoms with van der Waals surface area (Å²) in [6, 6.07) is 12.0. The molecule has 156 valence electrons. The molecular formula is C21H23Cl2NO4S. The van der Waals surface area contributed by atoms with Crippen LogP contribution in [0, 0.1) is 6.92 Å². The van der Waals surface area contributed by atoms with Crippen LogP contribution in [0.4, 0.5) is 0 Å². The maximum Gasteiger partial charge on any atom is 0.263 e. The van der Waals surface area contributed by atoms with Crippen molar-refractivity contribution in [1.29, 1.82) is 0 Å². The van der Waals surface area contributed by atoms with Crippen LogP contribution in [0.3, 0.4) is 0 Å². The van der Waals surface area contributed by atoms with Crippen molar-refractivity contribution in [3.63, 3.8) is 0 Å². The zero-order valence-corrected chi connectivity index (χ0v) is 18.6. The van der Waals surface area contributed by atoms with Gasteiger partial charge in [-0.3, -0.25) is 4.79 Å². The average molecular weight is 456 g/mol. The molecule has 8 heteroatoms. The molecule has 0 bridgehead atoms. The lowest BCUT2D eigenvalue weighted by Crippen LogP contribution is -2.46. The van der Waals surface area contributed by atoms with Crippen LogP contribution in [0.2, 0.25) is 10.0 Å². The van der Waals surface area contributed by atoms with Crippen LogP contribution in [-0.2, 0) is 21.2 Å². The van der Waals surface area contributed by atoms with E-state index in [-0.39, 0.29) is 23.5 Å². The van der Waals surface area contributed by atoms with E-state index < -0.39 is 15.9 Å². The second-order valence-corrected chi connectivity index (χ2v) is 10.4. The first-order chi connectivity index (χ1) is 13.6. The van der Waals surface area contributed by atoms with E-state index in [4.69, 9.17) is 27.9 Å². The van der Waals surface area contributed by atoms with Gasteiger partial charge < -0.3 is 9.64 Å². The van der Waals surface area contributed by atoms with Crippen LogP contribution in [0.25, 0.3) is 0 Å². The minimum atomic E-state index is -3.14. The van der Waals surface area contributed by atoms with Gasteiger partial charge in [-0.15, -0.1) is 0 Å². The quantitative estimate of drug-likeness (QED) is 0.651. The number of rotatable bonds is 6. The maximum atomic E-state index is 13.2. The molecule has 0 radical (unpaired) electrons. The largest absolute Gasteiger partial charge is 0.481 e. The first kappa shape index (κ1) is 21.9. The van der Waals surface area contributed by atoms with E-state index in [0.717, 1.165) is 11.1 Å². The van der Waals surface area contributed by atoms with Gasteiger partial charge in [-0.05, 0) is 61.7 Å². The molecule has 1 fully saturated rings. The van der Waals surface area contributed by atoms with Crippen LogP contribution in [0.5, 0.6) is 5.75 Å². The third kappa shape index (κ3) is 5.65. The molecule has 0 aliphatic carbocycles. The molecule has 0 unspecified atom stereocenters. The van der Waals surface area contributed by atoms with Gasteiger partial charge in [0.05, 0.1) is 11.5 Å². The fourth-order valence-corrected chi connectivity index (χ4v) is 5.35. The number of carbonyl (C=O) groups is 1. The molecule has 2 atom stereocenters. The Kier molecular flexibility index (Phi) is 6.76. The van der Waals surface area contributed by atoms with Crippen molar-refractivity contribution in [3.8, 4) is 5.75 Å². The molecule has 0 N–H and O–H groups in total.